The van der Waals surface area contributed by atoms with E-state index in [1.807, 2.05) is 13.8 Å². The number of ketones is 1. The second kappa shape index (κ2) is 5.69. The zero-order chi connectivity index (χ0) is 15.6. The number of hydrogen-bond donors (Lipinski definition) is 1. The molecule has 0 unspecified atom stereocenters. The zero-order valence-electron chi connectivity index (χ0n) is 12.1. The number of rotatable bonds is 5. The minimum Gasteiger partial charge on any atom is -0.295 e. The van der Waals surface area contributed by atoms with E-state index in [1.54, 1.807) is 22.9 Å². The first-order valence-corrected chi connectivity index (χ1v) is 7.96. The minimum atomic E-state index is -3.71. The van der Waals surface area contributed by atoms with E-state index in [4.69, 9.17) is 0 Å². The summed E-state index contributed by atoms with van der Waals surface area (Å²) in [4.78, 5) is 11.4. The molecule has 0 atom stereocenters. The van der Waals surface area contributed by atoms with Gasteiger partial charge in [0.05, 0.1) is 6.20 Å². The molecule has 0 aliphatic heterocycles. The fourth-order valence-electron chi connectivity index (χ4n) is 1.76. The van der Waals surface area contributed by atoms with E-state index in [1.165, 1.54) is 25.4 Å². The molecular formula is C14H17N3O3S. The summed E-state index contributed by atoms with van der Waals surface area (Å²) in [5.74, 6) is -0.122. The lowest BCUT2D eigenvalue weighted by Crippen LogP contribution is -2.12. The van der Waals surface area contributed by atoms with Gasteiger partial charge in [0.15, 0.2) is 5.78 Å². The highest BCUT2D eigenvalue weighted by molar-refractivity contribution is 7.92. The van der Waals surface area contributed by atoms with Crippen LogP contribution in [0.2, 0.25) is 0 Å². The minimum absolute atomic E-state index is 0.0787. The molecule has 0 radical (unpaired) electrons. The molecule has 0 spiro atoms. The molecule has 2 aromatic rings. The van der Waals surface area contributed by atoms with E-state index in [2.05, 4.69) is 9.82 Å². The van der Waals surface area contributed by atoms with Gasteiger partial charge in [-0.25, -0.2) is 8.42 Å². The molecule has 1 aromatic heterocycles. The summed E-state index contributed by atoms with van der Waals surface area (Å²) in [5, 5.41) is 4.01. The number of carbonyl (C=O) groups excluding carboxylic acids is 1. The molecule has 0 saturated carbocycles. The number of carbonyl (C=O) groups is 1. The molecule has 112 valence electrons. The Morgan fingerprint density at radius 3 is 2.62 bits per heavy atom. The normalized spacial score (nSPS) is 11.6. The van der Waals surface area contributed by atoms with Crippen LogP contribution in [0.1, 0.15) is 37.2 Å². The largest absolute Gasteiger partial charge is 0.295 e. The van der Waals surface area contributed by atoms with E-state index >= 15 is 0 Å². The van der Waals surface area contributed by atoms with Gasteiger partial charge >= 0.3 is 0 Å². The summed E-state index contributed by atoms with van der Waals surface area (Å²) < 4.78 is 28.6. The van der Waals surface area contributed by atoms with Crippen LogP contribution >= 0.6 is 0 Å². The van der Waals surface area contributed by atoms with Crippen molar-refractivity contribution in [1.82, 2.24) is 9.78 Å². The van der Waals surface area contributed by atoms with E-state index in [-0.39, 0.29) is 16.7 Å². The van der Waals surface area contributed by atoms with Crippen LogP contribution in [-0.2, 0) is 10.0 Å². The highest BCUT2D eigenvalue weighted by atomic mass is 32.2. The topological polar surface area (TPSA) is 81.1 Å². The SMILES string of the molecule is CC(=O)c1cccc(NS(=O)(=O)c2cnn(C(C)C)c2)c1. The first-order chi connectivity index (χ1) is 9.79. The average Bonchev–Trinajstić information content (AvgIpc) is 2.89. The number of anilines is 1. The van der Waals surface area contributed by atoms with Gasteiger partial charge < -0.3 is 0 Å². The zero-order valence-corrected chi connectivity index (χ0v) is 12.9. The Hall–Kier alpha value is -2.15. The van der Waals surface area contributed by atoms with Crippen LogP contribution in [0.25, 0.3) is 0 Å². The molecule has 1 aromatic carbocycles. The maximum absolute atomic E-state index is 12.3. The van der Waals surface area contributed by atoms with Crippen LogP contribution in [0.5, 0.6) is 0 Å². The first-order valence-electron chi connectivity index (χ1n) is 6.47. The van der Waals surface area contributed by atoms with Crippen LogP contribution in [0.15, 0.2) is 41.6 Å². The van der Waals surface area contributed by atoms with Gasteiger partial charge in [-0.3, -0.25) is 14.2 Å². The number of sulfonamides is 1. The molecule has 7 heteroatoms. The fraction of sp³-hybridized carbons (Fsp3) is 0.286. The summed E-state index contributed by atoms with van der Waals surface area (Å²) in [7, 11) is -3.71. The Labute approximate surface area is 123 Å². The highest BCUT2D eigenvalue weighted by Crippen LogP contribution is 2.18. The first kappa shape index (κ1) is 15.2. The summed E-state index contributed by atoms with van der Waals surface area (Å²) in [6.07, 6.45) is 2.78. The molecule has 0 aliphatic carbocycles. The van der Waals surface area contributed by atoms with Gasteiger partial charge in [0.1, 0.15) is 4.90 Å². The summed E-state index contributed by atoms with van der Waals surface area (Å²) in [6.45, 7) is 5.25. The van der Waals surface area contributed by atoms with Crippen molar-refractivity contribution in [3.05, 3.63) is 42.2 Å². The van der Waals surface area contributed by atoms with Crippen LogP contribution < -0.4 is 4.72 Å². The van der Waals surface area contributed by atoms with Crippen molar-refractivity contribution in [2.45, 2.75) is 31.7 Å². The molecular weight excluding hydrogens is 290 g/mol. The number of hydrogen-bond acceptors (Lipinski definition) is 4. The number of Topliss-reactive ketones (excluding diaryl/α,β-unsaturated/α-hetero) is 1. The third-order valence-corrected chi connectivity index (χ3v) is 4.27. The van der Waals surface area contributed by atoms with Gasteiger partial charge in [-0.15, -0.1) is 0 Å². The molecule has 0 bridgehead atoms. The van der Waals surface area contributed by atoms with Gasteiger partial charge in [0.25, 0.3) is 10.0 Å². The third kappa shape index (κ3) is 3.49. The van der Waals surface area contributed by atoms with Crippen molar-refractivity contribution in [2.75, 3.05) is 4.72 Å². The average molecular weight is 307 g/mol. The van der Waals surface area contributed by atoms with E-state index in [0.717, 1.165) is 0 Å². The molecule has 1 N–H and O–H groups in total. The number of aromatic nitrogens is 2. The van der Waals surface area contributed by atoms with Crippen molar-refractivity contribution in [3.63, 3.8) is 0 Å². The van der Waals surface area contributed by atoms with Gasteiger partial charge in [-0.2, -0.15) is 5.10 Å². The summed E-state index contributed by atoms with van der Waals surface area (Å²) >= 11 is 0. The van der Waals surface area contributed by atoms with E-state index < -0.39 is 10.0 Å². The van der Waals surface area contributed by atoms with E-state index in [9.17, 15) is 13.2 Å². The predicted molar refractivity (Wildman–Crippen MR) is 79.9 cm³/mol. The fourth-order valence-corrected chi connectivity index (χ4v) is 2.75. The van der Waals surface area contributed by atoms with Crippen molar-refractivity contribution < 1.29 is 13.2 Å². The smallest absolute Gasteiger partial charge is 0.265 e. The highest BCUT2D eigenvalue weighted by Gasteiger charge is 2.17. The Kier molecular flexibility index (Phi) is 4.13. The number of nitrogens with zero attached hydrogens (tertiary/aromatic N) is 2. The summed E-state index contributed by atoms with van der Waals surface area (Å²) in [5.41, 5.74) is 0.799. The molecule has 0 aliphatic rings. The number of benzene rings is 1. The Bertz CT molecular complexity index is 763. The second-order valence-corrected chi connectivity index (χ2v) is 6.67. The summed E-state index contributed by atoms with van der Waals surface area (Å²) in [6, 6.07) is 6.45. The standard InChI is InChI=1S/C14H17N3O3S/c1-10(2)17-9-14(8-15-17)21(19,20)16-13-6-4-5-12(7-13)11(3)18/h4-10,16H,1-3H3. The molecule has 0 saturated heterocycles. The van der Waals surface area contributed by atoms with Crippen molar-refractivity contribution in [3.8, 4) is 0 Å². The van der Waals surface area contributed by atoms with Crippen molar-refractivity contribution in [1.29, 1.82) is 0 Å². The lowest BCUT2D eigenvalue weighted by atomic mass is 10.1. The second-order valence-electron chi connectivity index (χ2n) is 4.99. The molecule has 0 fully saturated rings. The van der Waals surface area contributed by atoms with Crippen LogP contribution in [0, 0.1) is 0 Å². The molecule has 21 heavy (non-hydrogen) atoms. The van der Waals surface area contributed by atoms with Gasteiger partial charge in [-0.1, -0.05) is 12.1 Å². The van der Waals surface area contributed by atoms with Gasteiger partial charge in [-0.05, 0) is 32.9 Å². The lowest BCUT2D eigenvalue weighted by molar-refractivity contribution is 0.101. The van der Waals surface area contributed by atoms with Crippen molar-refractivity contribution >= 4 is 21.5 Å². The van der Waals surface area contributed by atoms with Crippen LogP contribution in [0.3, 0.4) is 0 Å². The van der Waals surface area contributed by atoms with Gasteiger partial charge in [0.2, 0.25) is 0 Å². The monoisotopic (exact) mass is 307 g/mol. The quantitative estimate of drug-likeness (QED) is 0.860. The third-order valence-electron chi connectivity index (χ3n) is 2.94. The van der Waals surface area contributed by atoms with Crippen LogP contribution in [-0.4, -0.2) is 24.0 Å². The Morgan fingerprint density at radius 1 is 1.33 bits per heavy atom. The molecule has 0 amide bonds. The maximum atomic E-state index is 12.3. The van der Waals surface area contributed by atoms with E-state index in [0.29, 0.717) is 11.3 Å². The Balaban J connectivity index is 2.28. The Morgan fingerprint density at radius 2 is 2.05 bits per heavy atom. The molecule has 1 heterocycles. The number of nitrogens with one attached hydrogen (secondary N) is 1. The van der Waals surface area contributed by atoms with Crippen LogP contribution in [0.4, 0.5) is 5.69 Å². The maximum Gasteiger partial charge on any atom is 0.265 e. The lowest BCUT2D eigenvalue weighted by Gasteiger charge is -2.07. The predicted octanol–water partition coefficient (Wildman–Crippen LogP) is 2.47. The van der Waals surface area contributed by atoms with Gasteiger partial charge in [0, 0.05) is 23.5 Å². The van der Waals surface area contributed by atoms with Crippen molar-refractivity contribution in [2.24, 2.45) is 0 Å². The molecule has 2 rings (SSSR count). The molecule has 6 nitrogen and oxygen atoms in total.